The van der Waals surface area contributed by atoms with E-state index in [4.69, 9.17) is 4.74 Å². The fraction of sp³-hybridized carbons (Fsp3) is 0.120. The number of alkyl halides is 3. The van der Waals surface area contributed by atoms with E-state index in [9.17, 15) is 18.3 Å². The second-order valence-electron chi connectivity index (χ2n) is 7.67. The molecule has 2 heterocycles. The number of benzene rings is 3. The fourth-order valence-corrected chi connectivity index (χ4v) is 3.95. The quantitative estimate of drug-likeness (QED) is 0.374. The van der Waals surface area contributed by atoms with Crippen LogP contribution in [-0.4, -0.2) is 27.5 Å². The van der Waals surface area contributed by atoms with Gasteiger partial charge in [-0.1, -0.05) is 24.3 Å². The number of aromatic hydroxyl groups is 1. The summed E-state index contributed by atoms with van der Waals surface area (Å²) >= 11 is 0. The average molecular weight is 467 g/mol. The van der Waals surface area contributed by atoms with Gasteiger partial charge < -0.3 is 15.3 Å². The molecule has 0 aliphatic rings. The molecule has 174 valence electrons. The van der Waals surface area contributed by atoms with Crippen LogP contribution in [-0.2, 0) is 12.7 Å². The highest BCUT2D eigenvalue weighted by atomic mass is 19.4. The van der Waals surface area contributed by atoms with Crippen molar-refractivity contribution in [2.75, 3.05) is 7.11 Å². The molecule has 5 rings (SSSR count). The van der Waals surface area contributed by atoms with Gasteiger partial charge in [-0.3, -0.25) is 0 Å². The highest BCUT2D eigenvalue weighted by molar-refractivity contribution is 6.03. The molecule has 6 nitrogen and oxygen atoms in total. The van der Waals surface area contributed by atoms with Crippen LogP contribution in [0.25, 0.3) is 27.5 Å². The number of pyridine rings is 1. The number of hydrogen-bond acceptors (Lipinski definition) is 4. The zero-order chi connectivity index (χ0) is 23.2. The number of methoxy groups -OCH3 is 1. The van der Waals surface area contributed by atoms with Crippen LogP contribution < -0.4 is 9.30 Å². The highest BCUT2D eigenvalue weighted by Crippen LogP contribution is 2.33. The number of fused-ring (bicyclic) bond motifs is 3. The van der Waals surface area contributed by atoms with Crippen LogP contribution in [0.4, 0.5) is 13.2 Å². The number of halogens is 3. The molecule has 3 aromatic carbocycles. The van der Waals surface area contributed by atoms with Gasteiger partial charge in [0.1, 0.15) is 5.75 Å². The van der Waals surface area contributed by atoms with E-state index in [0.29, 0.717) is 17.6 Å². The number of hydrogen-bond donors (Lipinski definition) is 1. The molecule has 0 saturated heterocycles. The minimum absolute atomic E-state index is 0. The van der Waals surface area contributed by atoms with Crippen LogP contribution in [0.15, 0.2) is 79.0 Å². The van der Waals surface area contributed by atoms with E-state index in [0.717, 1.165) is 38.9 Å². The van der Waals surface area contributed by atoms with Gasteiger partial charge in [0.15, 0.2) is 18.3 Å². The average Bonchev–Trinajstić information content (AvgIpc) is 3.17. The smallest absolute Gasteiger partial charge is 0.416 e. The van der Waals surface area contributed by atoms with Gasteiger partial charge in [-0.2, -0.15) is 27.5 Å². The Morgan fingerprint density at radius 3 is 2.44 bits per heavy atom. The standard InChI is InChI=1S/C25H18F3N3O2.H2O/c1-33-20-11-9-16(10-12-20)14-30-15-17-5-2-3-8-21(17)22-23(30)24(32)31(29-22)19-7-4-6-18(13-19)25(26,27)28;/h2-13,15H,14H2,1H3;1H2. The van der Waals surface area contributed by atoms with Crippen LogP contribution in [0.3, 0.4) is 0 Å². The van der Waals surface area contributed by atoms with Crippen molar-refractivity contribution in [1.29, 1.82) is 0 Å². The van der Waals surface area contributed by atoms with Gasteiger partial charge in [0.25, 0.3) is 11.4 Å². The Morgan fingerprint density at radius 2 is 1.74 bits per heavy atom. The molecule has 9 heteroatoms. The number of ether oxygens (including phenoxy) is 1. The second kappa shape index (κ2) is 8.68. The van der Waals surface area contributed by atoms with Gasteiger partial charge in [-0.25, -0.2) is 0 Å². The van der Waals surface area contributed by atoms with Gasteiger partial charge in [0.05, 0.1) is 18.4 Å². The summed E-state index contributed by atoms with van der Waals surface area (Å²) < 4.78 is 48.0. The Bertz CT molecular complexity index is 1480. The SMILES string of the molecule is COc1ccc(C[n+]2cc3ccccc3c3nn(-c4cccc(C(F)(F)F)c4)c(O)c32)cc1.[OH-]. The van der Waals surface area contributed by atoms with Crippen molar-refractivity contribution in [1.82, 2.24) is 9.78 Å². The lowest BCUT2D eigenvalue weighted by Gasteiger charge is -2.08. The molecule has 5 aromatic rings. The summed E-state index contributed by atoms with van der Waals surface area (Å²) in [6.07, 6.45) is -2.60. The first-order chi connectivity index (χ1) is 15.8. The largest absolute Gasteiger partial charge is 0.870 e. The monoisotopic (exact) mass is 467 g/mol. The molecule has 0 unspecified atom stereocenters. The van der Waals surface area contributed by atoms with Crippen molar-refractivity contribution in [3.63, 3.8) is 0 Å². The predicted octanol–water partition coefficient (Wildman–Crippen LogP) is 5.07. The molecular formula is C25H20F3N3O3. The van der Waals surface area contributed by atoms with Crippen LogP contribution in [0.2, 0.25) is 0 Å². The fourth-order valence-electron chi connectivity index (χ4n) is 3.95. The van der Waals surface area contributed by atoms with E-state index < -0.39 is 11.7 Å². The first-order valence-electron chi connectivity index (χ1n) is 10.2. The molecule has 0 saturated carbocycles. The van der Waals surface area contributed by atoms with Gasteiger partial charge in [0.2, 0.25) is 0 Å². The van der Waals surface area contributed by atoms with Crippen molar-refractivity contribution in [2.24, 2.45) is 0 Å². The summed E-state index contributed by atoms with van der Waals surface area (Å²) in [6.45, 7) is 0.424. The van der Waals surface area contributed by atoms with Gasteiger partial charge in [-0.05, 0) is 48.5 Å². The summed E-state index contributed by atoms with van der Waals surface area (Å²) in [5, 5.41) is 17.3. The van der Waals surface area contributed by atoms with Crippen molar-refractivity contribution in [3.8, 4) is 17.3 Å². The van der Waals surface area contributed by atoms with E-state index in [1.54, 1.807) is 7.11 Å². The first-order valence-corrected chi connectivity index (χ1v) is 10.2. The van der Waals surface area contributed by atoms with Crippen LogP contribution in [0.5, 0.6) is 11.6 Å². The third-order valence-electron chi connectivity index (χ3n) is 5.56. The Hall–Kier alpha value is -4.11. The normalized spacial score (nSPS) is 11.5. The third kappa shape index (κ3) is 4.01. The predicted molar refractivity (Wildman–Crippen MR) is 119 cm³/mol. The van der Waals surface area contributed by atoms with Gasteiger partial charge >= 0.3 is 6.18 Å². The highest BCUT2D eigenvalue weighted by Gasteiger charge is 2.31. The number of nitrogens with zero attached hydrogens (tertiary/aromatic N) is 3. The molecule has 0 aliphatic carbocycles. The van der Waals surface area contributed by atoms with Gasteiger partial charge in [-0.15, -0.1) is 0 Å². The molecule has 2 N–H and O–H groups in total. The Labute approximate surface area is 192 Å². The molecule has 0 aliphatic heterocycles. The second-order valence-corrected chi connectivity index (χ2v) is 7.67. The lowest BCUT2D eigenvalue weighted by atomic mass is 10.1. The van der Waals surface area contributed by atoms with E-state index in [1.807, 2.05) is 59.3 Å². The zero-order valence-corrected chi connectivity index (χ0v) is 18.0. The molecule has 0 atom stereocenters. The molecule has 0 radical (unpaired) electrons. The minimum Gasteiger partial charge on any atom is -0.870 e. The lowest BCUT2D eigenvalue weighted by molar-refractivity contribution is -0.661. The maximum atomic E-state index is 13.3. The van der Waals surface area contributed by atoms with Gasteiger partial charge in [0, 0.05) is 16.3 Å². The van der Waals surface area contributed by atoms with Crippen LogP contribution in [0, 0.1) is 0 Å². The molecule has 0 amide bonds. The maximum absolute atomic E-state index is 13.3. The Kier molecular flexibility index (Phi) is 5.89. The number of aromatic nitrogens is 3. The summed E-state index contributed by atoms with van der Waals surface area (Å²) in [5.41, 5.74) is 1.20. The van der Waals surface area contributed by atoms with Crippen molar-refractivity contribution >= 4 is 21.8 Å². The van der Waals surface area contributed by atoms with Crippen molar-refractivity contribution in [3.05, 3.63) is 90.1 Å². The van der Waals surface area contributed by atoms with Crippen molar-refractivity contribution < 1.29 is 33.1 Å². The summed E-state index contributed by atoms with van der Waals surface area (Å²) in [4.78, 5) is 0. The first kappa shape index (κ1) is 23.1. The third-order valence-corrected chi connectivity index (χ3v) is 5.56. The molecule has 0 spiro atoms. The summed E-state index contributed by atoms with van der Waals surface area (Å²) in [6, 6.07) is 19.8. The zero-order valence-electron chi connectivity index (χ0n) is 18.0. The van der Waals surface area contributed by atoms with E-state index in [2.05, 4.69) is 5.10 Å². The molecule has 0 bridgehead atoms. The minimum atomic E-state index is -4.50. The van der Waals surface area contributed by atoms with E-state index in [-0.39, 0.29) is 17.0 Å². The van der Waals surface area contributed by atoms with Crippen molar-refractivity contribution in [2.45, 2.75) is 12.7 Å². The molecule has 0 fully saturated rings. The summed E-state index contributed by atoms with van der Waals surface area (Å²) in [5.74, 6) is 0.496. The number of rotatable bonds is 4. The Morgan fingerprint density at radius 1 is 1.00 bits per heavy atom. The lowest BCUT2D eigenvalue weighted by Crippen LogP contribution is -2.34. The maximum Gasteiger partial charge on any atom is 0.416 e. The Balaban J connectivity index is 0.00000274. The molecule has 2 aromatic heterocycles. The topological polar surface area (TPSA) is 81.2 Å². The van der Waals surface area contributed by atoms with E-state index in [1.165, 1.54) is 12.1 Å². The van der Waals surface area contributed by atoms with E-state index >= 15 is 0 Å². The summed E-state index contributed by atoms with van der Waals surface area (Å²) in [7, 11) is 1.59. The molecule has 34 heavy (non-hydrogen) atoms. The van der Waals surface area contributed by atoms with Crippen LogP contribution in [0.1, 0.15) is 11.1 Å². The molecular weight excluding hydrogens is 447 g/mol. The van der Waals surface area contributed by atoms with Crippen LogP contribution >= 0.6 is 0 Å².